The van der Waals surface area contributed by atoms with Crippen LogP contribution in [0.5, 0.6) is 0 Å². The van der Waals surface area contributed by atoms with Gasteiger partial charge < -0.3 is 0 Å². The zero-order valence-corrected chi connectivity index (χ0v) is 13.8. The van der Waals surface area contributed by atoms with Crippen LogP contribution in [0.1, 0.15) is 5.01 Å². The molecule has 0 fully saturated rings. The van der Waals surface area contributed by atoms with Crippen molar-refractivity contribution < 1.29 is 4.39 Å². The highest BCUT2D eigenvalue weighted by atomic mass is 35.5. The number of benzene rings is 2. The minimum Gasteiger partial charge on any atom is -0.274 e. The summed E-state index contributed by atoms with van der Waals surface area (Å²) in [4.78, 5) is 4.40. The molecule has 1 heterocycles. The molecule has 1 N–H and O–H groups in total. The van der Waals surface area contributed by atoms with Gasteiger partial charge in [-0.1, -0.05) is 35.9 Å². The van der Waals surface area contributed by atoms with Crippen molar-refractivity contribution in [3.8, 4) is 17.3 Å². The van der Waals surface area contributed by atoms with Gasteiger partial charge in [-0.3, -0.25) is 5.43 Å². The zero-order chi connectivity index (χ0) is 16.9. The molecule has 0 aliphatic rings. The smallest absolute Gasteiger partial charge is 0.196 e. The molecule has 7 heteroatoms. The van der Waals surface area contributed by atoms with Crippen molar-refractivity contribution in [1.82, 2.24) is 4.98 Å². The number of hydrazone groups is 1. The van der Waals surface area contributed by atoms with E-state index in [1.54, 1.807) is 24.3 Å². The molecule has 3 rings (SSSR count). The molecule has 24 heavy (non-hydrogen) atoms. The maximum Gasteiger partial charge on any atom is 0.196 e. The molecule has 3 aromatic rings. The Balaban J connectivity index is 1.84. The number of nitriles is 1. The third kappa shape index (κ3) is 3.59. The molecule has 0 amide bonds. The molecule has 0 aliphatic heterocycles. The SMILES string of the molecule is N#C/C(=N\Nc1ccccc1F)c1nc(-c2ccc(Cl)cc2)cs1. The molecule has 2 aromatic carbocycles. The van der Waals surface area contributed by atoms with Crippen molar-refractivity contribution in [3.63, 3.8) is 0 Å². The van der Waals surface area contributed by atoms with Gasteiger partial charge in [0, 0.05) is 16.0 Å². The Morgan fingerprint density at radius 2 is 1.96 bits per heavy atom. The van der Waals surface area contributed by atoms with Gasteiger partial charge >= 0.3 is 0 Å². The van der Waals surface area contributed by atoms with Crippen LogP contribution in [-0.2, 0) is 0 Å². The number of nitrogens with zero attached hydrogens (tertiary/aromatic N) is 3. The van der Waals surface area contributed by atoms with Crippen LogP contribution in [0.2, 0.25) is 5.02 Å². The summed E-state index contributed by atoms with van der Waals surface area (Å²) in [6, 6.07) is 15.3. The summed E-state index contributed by atoms with van der Waals surface area (Å²) in [7, 11) is 0. The van der Waals surface area contributed by atoms with Crippen LogP contribution in [0, 0.1) is 17.1 Å². The van der Waals surface area contributed by atoms with Crippen molar-refractivity contribution in [2.45, 2.75) is 0 Å². The summed E-state index contributed by atoms with van der Waals surface area (Å²) in [5.41, 5.74) is 4.45. The number of thiazole rings is 1. The molecule has 0 saturated carbocycles. The normalized spacial score (nSPS) is 11.1. The van der Waals surface area contributed by atoms with Crippen LogP contribution in [0.4, 0.5) is 10.1 Å². The van der Waals surface area contributed by atoms with E-state index in [2.05, 4.69) is 15.5 Å². The van der Waals surface area contributed by atoms with Crippen molar-refractivity contribution >= 4 is 34.3 Å². The Bertz CT molecular complexity index is 928. The molecule has 0 radical (unpaired) electrons. The molecule has 0 bridgehead atoms. The summed E-state index contributed by atoms with van der Waals surface area (Å²) < 4.78 is 13.6. The Morgan fingerprint density at radius 3 is 2.67 bits per heavy atom. The molecular formula is C17H10ClFN4S. The largest absolute Gasteiger partial charge is 0.274 e. The standard InChI is InChI=1S/C17H10ClFN4S/c18-12-7-5-11(6-8-12)16-10-24-17(21-16)15(9-20)23-22-14-4-2-1-3-13(14)19/h1-8,10,22H/b23-15+. The Morgan fingerprint density at radius 1 is 1.21 bits per heavy atom. The predicted molar refractivity (Wildman–Crippen MR) is 94.7 cm³/mol. The predicted octanol–water partition coefficient (Wildman–Crippen LogP) is 4.94. The first kappa shape index (κ1) is 16.1. The monoisotopic (exact) mass is 356 g/mol. The molecule has 0 saturated heterocycles. The van der Waals surface area contributed by atoms with E-state index in [1.807, 2.05) is 23.6 Å². The number of nitrogens with one attached hydrogen (secondary N) is 1. The Hall–Kier alpha value is -2.75. The lowest BCUT2D eigenvalue weighted by Crippen LogP contribution is -2.02. The molecule has 1 aromatic heterocycles. The number of hydrogen-bond donors (Lipinski definition) is 1. The second-order valence-corrected chi connectivity index (χ2v) is 6.00. The van der Waals surface area contributed by atoms with E-state index in [0.29, 0.717) is 10.0 Å². The van der Waals surface area contributed by atoms with E-state index in [1.165, 1.54) is 23.5 Å². The molecule has 0 spiro atoms. The number of para-hydroxylation sites is 1. The lowest BCUT2D eigenvalue weighted by Gasteiger charge is -2.01. The summed E-state index contributed by atoms with van der Waals surface area (Å²) in [5, 5.41) is 16.2. The summed E-state index contributed by atoms with van der Waals surface area (Å²) in [6.45, 7) is 0. The molecule has 4 nitrogen and oxygen atoms in total. The first-order chi connectivity index (χ1) is 11.7. The van der Waals surface area contributed by atoms with Gasteiger partial charge in [0.1, 0.15) is 11.9 Å². The highest BCUT2D eigenvalue weighted by Gasteiger charge is 2.11. The minimum absolute atomic E-state index is 0.0865. The molecule has 0 atom stereocenters. The van der Waals surface area contributed by atoms with E-state index >= 15 is 0 Å². The van der Waals surface area contributed by atoms with Crippen LogP contribution >= 0.6 is 22.9 Å². The topological polar surface area (TPSA) is 61.1 Å². The molecule has 0 aliphatic carbocycles. The highest BCUT2D eigenvalue weighted by molar-refractivity contribution is 7.12. The van der Waals surface area contributed by atoms with Gasteiger partial charge in [-0.25, -0.2) is 9.37 Å². The average Bonchev–Trinajstić information content (AvgIpc) is 3.07. The summed E-state index contributed by atoms with van der Waals surface area (Å²) >= 11 is 7.16. The van der Waals surface area contributed by atoms with Gasteiger partial charge in [-0.05, 0) is 24.3 Å². The van der Waals surface area contributed by atoms with Gasteiger partial charge in [0.05, 0.1) is 11.4 Å². The molecule has 0 unspecified atom stereocenters. The van der Waals surface area contributed by atoms with Crippen LogP contribution in [0.3, 0.4) is 0 Å². The summed E-state index contributed by atoms with van der Waals surface area (Å²) in [5.74, 6) is -0.445. The highest BCUT2D eigenvalue weighted by Crippen LogP contribution is 2.24. The van der Waals surface area contributed by atoms with Crippen LogP contribution in [0.25, 0.3) is 11.3 Å². The maximum absolute atomic E-state index is 13.6. The number of hydrogen-bond acceptors (Lipinski definition) is 5. The fourth-order valence-electron chi connectivity index (χ4n) is 1.92. The van der Waals surface area contributed by atoms with E-state index in [9.17, 15) is 9.65 Å². The van der Waals surface area contributed by atoms with Gasteiger partial charge in [0.2, 0.25) is 0 Å². The maximum atomic E-state index is 13.6. The number of halogens is 2. The van der Waals surface area contributed by atoms with Gasteiger partial charge in [0.15, 0.2) is 10.7 Å². The van der Waals surface area contributed by atoms with Crippen molar-refractivity contribution in [3.05, 3.63) is 69.8 Å². The van der Waals surface area contributed by atoms with E-state index in [-0.39, 0.29) is 11.4 Å². The van der Waals surface area contributed by atoms with E-state index < -0.39 is 5.82 Å². The first-order valence-corrected chi connectivity index (χ1v) is 8.13. The third-order valence-corrected chi connectivity index (χ3v) is 4.22. The fourth-order valence-corrected chi connectivity index (χ4v) is 2.82. The second-order valence-electron chi connectivity index (χ2n) is 4.71. The number of anilines is 1. The average molecular weight is 357 g/mol. The Labute approximate surface area is 146 Å². The van der Waals surface area contributed by atoms with Crippen molar-refractivity contribution in [1.29, 1.82) is 5.26 Å². The lowest BCUT2D eigenvalue weighted by atomic mass is 10.2. The van der Waals surface area contributed by atoms with Crippen molar-refractivity contribution in [2.24, 2.45) is 5.10 Å². The second kappa shape index (κ2) is 7.21. The fraction of sp³-hybridized carbons (Fsp3) is 0. The summed E-state index contributed by atoms with van der Waals surface area (Å²) in [6.07, 6.45) is 0. The Kier molecular flexibility index (Phi) is 4.85. The third-order valence-electron chi connectivity index (χ3n) is 3.11. The quantitative estimate of drug-likeness (QED) is 0.532. The van der Waals surface area contributed by atoms with Crippen molar-refractivity contribution in [2.75, 3.05) is 5.43 Å². The van der Waals surface area contributed by atoms with Gasteiger partial charge in [-0.2, -0.15) is 10.4 Å². The molecule has 118 valence electrons. The number of rotatable bonds is 4. The van der Waals surface area contributed by atoms with E-state index in [0.717, 1.165) is 11.3 Å². The van der Waals surface area contributed by atoms with Gasteiger partial charge in [-0.15, -0.1) is 11.3 Å². The van der Waals surface area contributed by atoms with Crippen LogP contribution < -0.4 is 5.43 Å². The van der Waals surface area contributed by atoms with Gasteiger partial charge in [0.25, 0.3) is 0 Å². The number of aromatic nitrogens is 1. The minimum atomic E-state index is -0.445. The first-order valence-electron chi connectivity index (χ1n) is 6.87. The zero-order valence-electron chi connectivity index (χ0n) is 12.2. The molecular weight excluding hydrogens is 347 g/mol. The van der Waals surface area contributed by atoms with Crippen LogP contribution in [-0.4, -0.2) is 10.7 Å². The lowest BCUT2D eigenvalue weighted by molar-refractivity contribution is 0.630. The van der Waals surface area contributed by atoms with Crippen LogP contribution in [0.15, 0.2) is 59.0 Å². The van der Waals surface area contributed by atoms with E-state index in [4.69, 9.17) is 11.6 Å².